The Morgan fingerprint density at radius 3 is 2.58 bits per heavy atom. The summed E-state index contributed by atoms with van der Waals surface area (Å²) in [6.07, 6.45) is 8.00. The molecule has 3 rings (SSSR count). The Hall–Kier alpha value is -1.47. The lowest BCUT2D eigenvalue weighted by Gasteiger charge is -2.08. The maximum atomic E-state index is 2.35. The van der Waals surface area contributed by atoms with Gasteiger partial charge in [0.25, 0.3) is 0 Å². The van der Waals surface area contributed by atoms with Crippen LogP contribution in [0.15, 0.2) is 52.9 Å². The van der Waals surface area contributed by atoms with Crippen molar-refractivity contribution in [3.05, 3.63) is 59.2 Å². The third kappa shape index (κ3) is 2.35. The summed E-state index contributed by atoms with van der Waals surface area (Å²) in [4.78, 5) is 1.44. The van der Waals surface area contributed by atoms with E-state index in [0.29, 0.717) is 10.9 Å². The average molecular weight is 267 g/mol. The average Bonchev–Trinajstić information content (AvgIpc) is 2.78. The van der Waals surface area contributed by atoms with E-state index >= 15 is 0 Å². The van der Waals surface area contributed by atoms with Gasteiger partial charge in [-0.2, -0.15) is 0 Å². The summed E-state index contributed by atoms with van der Waals surface area (Å²) < 4.78 is 0. The van der Waals surface area contributed by atoms with Crippen LogP contribution in [0.5, 0.6) is 0 Å². The highest BCUT2D eigenvalue weighted by Gasteiger charge is 2.16. The van der Waals surface area contributed by atoms with Gasteiger partial charge in [-0.15, -0.1) is 0 Å². The lowest BCUT2D eigenvalue weighted by atomic mass is 9.97. The Morgan fingerprint density at radius 2 is 1.79 bits per heavy atom. The van der Waals surface area contributed by atoms with Gasteiger partial charge in [-0.25, -0.2) is 0 Å². The fourth-order valence-corrected chi connectivity index (χ4v) is 3.42. The second-order valence-electron chi connectivity index (χ2n) is 5.39. The number of fused-ring (bicyclic) bond motifs is 1. The van der Waals surface area contributed by atoms with Crippen LogP contribution in [0.3, 0.4) is 0 Å². The summed E-state index contributed by atoms with van der Waals surface area (Å²) in [6.45, 7) is 2.22. The van der Waals surface area contributed by atoms with E-state index in [1.54, 1.807) is 0 Å². The molecule has 1 aliphatic carbocycles. The molecule has 0 aromatic heterocycles. The maximum absolute atomic E-state index is 2.35. The highest BCUT2D eigenvalue weighted by molar-refractivity contribution is 7.95. The third-order valence-electron chi connectivity index (χ3n) is 3.67. The number of rotatable bonds is 2. The minimum atomic E-state index is 0.316. The standard InChI is InChI=1S/C18H19S/c1-13-10-14-7-5-9-17(18(14)11-13)15-6-4-8-16(12-15)19(2)3/h4-9,11-12H,10H2,1-3H3/q+1. The van der Waals surface area contributed by atoms with Crippen molar-refractivity contribution >= 4 is 17.0 Å². The van der Waals surface area contributed by atoms with Gasteiger partial charge in [0, 0.05) is 17.0 Å². The van der Waals surface area contributed by atoms with Crippen molar-refractivity contribution in [1.29, 1.82) is 0 Å². The number of hydrogen-bond donors (Lipinski definition) is 0. The van der Waals surface area contributed by atoms with E-state index in [0.717, 1.165) is 6.42 Å². The quantitative estimate of drug-likeness (QED) is 0.700. The molecule has 2 aromatic rings. The van der Waals surface area contributed by atoms with Gasteiger partial charge in [0.2, 0.25) is 0 Å². The van der Waals surface area contributed by atoms with Crippen molar-refractivity contribution < 1.29 is 0 Å². The largest absolute Gasteiger partial charge is 0.154 e. The van der Waals surface area contributed by atoms with Crippen LogP contribution in [0.25, 0.3) is 17.2 Å². The zero-order chi connectivity index (χ0) is 13.4. The van der Waals surface area contributed by atoms with Crippen LogP contribution < -0.4 is 0 Å². The molecule has 19 heavy (non-hydrogen) atoms. The summed E-state index contributed by atoms with van der Waals surface area (Å²) in [6, 6.07) is 15.7. The monoisotopic (exact) mass is 267 g/mol. The minimum absolute atomic E-state index is 0.316. The van der Waals surface area contributed by atoms with Crippen LogP contribution in [-0.2, 0) is 17.3 Å². The Bertz CT molecular complexity index is 650. The topological polar surface area (TPSA) is 0 Å². The highest BCUT2D eigenvalue weighted by atomic mass is 32.2. The first-order valence-electron chi connectivity index (χ1n) is 6.62. The molecule has 0 bridgehead atoms. The van der Waals surface area contributed by atoms with E-state index in [4.69, 9.17) is 0 Å². The summed E-state index contributed by atoms with van der Waals surface area (Å²) in [7, 11) is 0.316. The van der Waals surface area contributed by atoms with E-state index in [-0.39, 0.29) is 0 Å². The van der Waals surface area contributed by atoms with Crippen LogP contribution in [0.2, 0.25) is 0 Å². The van der Waals surface area contributed by atoms with Gasteiger partial charge < -0.3 is 0 Å². The molecule has 0 radical (unpaired) electrons. The number of hydrogen-bond acceptors (Lipinski definition) is 0. The smallest absolute Gasteiger partial charge is 0.0683 e. The normalized spacial score (nSPS) is 13.6. The second-order valence-corrected chi connectivity index (χ2v) is 7.49. The van der Waals surface area contributed by atoms with Gasteiger partial charge in [-0.3, -0.25) is 0 Å². The fourth-order valence-electron chi connectivity index (χ4n) is 2.70. The molecule has 1 heteroatoms. The molecule has 0 fully saturated rings. The van der Waals surface area contributed by atoms with Crippen LogP contribution in [0, 0.1) is 0 Å². The van der Waals surface area contributed by atoms with Crippen molar-refractivity contribution in [3.63, 3.8) is 0 Å². The molecule has 96 valence electrons. The molecule has 0 amide bonds. The second kappa shape index (κ2) is 4.90. The first kappa shape index (κ1) is 12.6. The van der Waals surface area contributed by atoms with Crippen molar-refractivity contribution in [2.24, 2.45) is 0 Å². The van der Waals surface area contributed by atoms with Crippen molar-refractivity contribution in [3.8, 4) is 11.1 Å². The fraction of sp³-hybridized carbons (Fsp3) is 0.222. The van der Waals surface area contributed by atoms with E-state index in [1.807, 2.05) is 0 Å². The van der Waals surface area contributed by atoms with E-state index in [9.17, 15) is 0 Å². The van der Waals surface area contributed by atoms with Crippen molar-refractivity contribution in [2.45, 2.75) is 18.2 Å². The van der Waals surface area contributed by atoms with Crippen molar-refractivity contribution in [2.75, 3.05) is 12.5 Å². The Labute approximate surface area is 118 Å². The Balaban J connectivity index is 2.13. The Morgan fingerprint density at radius 1 is 1.00 bits per heavy atom. The molecule has 0 saturated heterocycles. The molecule has 0 atom stereocenters. The summed E-state index contributed by atoms with van der Waals surface area (Å²) >= 11 is 0. The van der Waals surface area contributed by atoms with Crippen LogP contribution in [0.4, 0.5) is 0 Å². The first-order chi connectivity index (χ1) is 9.15. The molecule has 0 heterocycles. The molecule has 2 aromatic carbocycles. The highest BCUT2D eigenvalue weighted by Crippen LogP contribution is 2.34. The summed E-state index contributed by atoms with van der Waals surface area (Å²) in [5, 5.41) is 0. The minimum Gasteiger partial charge on any atom is -0.0683 e. The molecule has 0 saturated carbocycles. The molecular weight excluding hydrogens is 248 g/mol. The lowest BCUT2D eigenvalue weighted by molar-refractivity contribution is 1.20. The first-order valence-corrected chi connectivity index (χ1v) is 8.66. The van der Waals surface area contributed by atoms with Crippen LogP contribution >= 0.6 is 0 Å². The van der Waals surface area contributed by atoms with Crippen LogP contribution in [0.1, 0.15) is 18.1 Å². The Kier molecular flexibility index (Phi) is 3.24. The third-order valence-corrected chi connectivity index (χ3v) is 4.87. The maximum Gasteiger partial charge on any atom is 0.154 e. The number of benzene rings is 2. The van der Waals surface area contributed by atoms with E-state index < -0.39 is 0 Å². The molecule has 0 aliphatic heterocycles. The van der Waals surface area contributed by atoms with Gasteiger partial charge >= 0.3 is 0 Å². The summed E-state index contributed by atoms with van der Waals surface area (Å²) in [5.74, 6) is 0. The van der Waals surface area contributed by atoms with E-state index in [1.165, 1.54) is 32.7 Å². The molecule has 0 nitrogen and oxygen atoms in total. The SMILES string of the molecule is CC1=Cc2c(cccc2-c2cccc([S+](C)C)c2)C1. The zero-order valence-corrected chi connectivity index (χ0v) is 12.6. The van der Waals surface area contributed by atoms with Gasteiger partial charge in [-0.05, 0) is 41.7 Å². The lowest BCUT2D eigenvalue weighted by Crippen LogP contribution is -1.96. The molecular formula is C18H19S+. The van der Waals surface area contributed by atoms with Gasteiger partial charge in [0.05, 0.1) is 0 Å². The van der Waals surface area contributed by atoms with Gasteiger partial charge in [0.1, 0.15) is 12.5 Å². The van der Waals surface area contributed by atoms with Crippen molar-refractivity contribution in [1.82, 2.24) is 0 Å². The van der Waals surface area contributed by atoms with Crippen LogP contribution in [-0.4, -0.2) is 12.5 Å². The molecule has 1 aliphatic rings. The number of allylic oxidation sites excluding steroid dienone is 1. The predicted molar refractivity (Wildman–Crippen MR) is 86.7 cm³/mol. The van der Waals surface area contributed by atoms with Gasteiger partial charge in [0.15, 0.2) is 4.90 Å². The zero-order valence-electron chi connectivity index (χ0n) is 11.7. The van der Waals surface area contributed by atoms with Gasteiger partial charge in [-0.1, -0.05) is 42.0 Å². The summed E-state index contributed by atoms with van der Waals surface area (Å²) in [5.41, 5.74) is 7.07. The molecule has 0 spiro atoms. The predicted octanol–water partition coefficient (Wildman–Crippen LogP) is 4.55. The molecule has 0 N–H and O–H groups in total. The van der Waals surface area contributed by atoms with E-state index in [2.05, 4.69) is 68.0 Å². The molecule has 0 unspecified atom stereocenters.